The van der Waals surface area contributed by atoms with Gasteiger partial charge in [0.25, 0.3) is 0 Å². The van der Waals surface area contributed by atoms with Crippen LogP contribution in [-0.2, 0) is 5.66 Å². The second-order valence-electron chi connectivity index (χ2n) is 6.51. The molecule has 0 bridgehead atoms. The van der Waals surface area contributed by atoms with Crippen molar-refractivity contribution in [2.24, 2.45) is 0 Å². The van der Waals surface area contributed by atoms with Gasteiger partial charge in [-0.2, -0.15) is 0 Å². The van der Waals surface area contributed by atoms with Crippen LogP contribution in [0.3, 0.4) is 0 Å². The first-order valence-electron chi connectivity index (χ1n) is 8.28. The molecular formula is C21H16BrN3. The van der Waals surface area contributed by atoms with Crippen LogP contribution in [0.4, 0.5) is 5.69 Å². The normalized spacial score (nSPS) is 18.5. The Labute approximate surface area is 154 Å². The highest BCUT2D eigenvalue weighted by Crippen LogP contribution is 2.43. The molecule has 122 valence electrons. The van der Waals surface area contributed by atoms with Crippen molar-refractivity contribution in [2.45, 2.75) is 12.6 Å². The number of nitrogens with zero attached hydrogens (tertiary/aromatic N) is 2. The quantitative estimate of drug-likeness (QED) is 0.458. The number of benzene rings is 3. The van der Waals surface area contributed by atoms with Crippen molar-refractivity contribution in [3.8, 4) is 11.4 Å². The third kappa shape index (κ3) is 2.07. The number of hydrogen-bond donors (Lipinski definition) is 1. The van der Waals surface area contributed by atoms with Crippen LogP contribution in [0.15, 0.2) is 77.3 Å². The minimum Gasteiger partial charge on any atom is -0.358 e. The molecule has 1 aliphatic rings. The van der Waals surface area contributed by atoms with E-state index in [-0.39, 0.29) is 0 Å². The molecule has 3 nitrogen and oxygen atoms in total. The fraction of sp³-hybridized carbons (Fsp3) is 0.0952. The van der Waals surface area contributed by atoms with Crippen molar-refractivity contribution < 1.29 is 0 Å². The zero-order chi connectivity index (χ0) is 17.0. The Bertz CT molecular complexity index is 1100. The van der Waals surface area contributed by atoms with Gasteiger partial charge in [0.1, 0.15) is 11.5 Å². The first-order valence-corrected chi connectivity index (χ1v) is 9.08. The molecule has 0 saturated heterocycles. The number of imidazole rings is 1. The summed E-state index contributed by atoms with van der Waals surface area (Å²) in [7, 11) is 0. The van der Waals surface area contributed by atoms with Gasteiger partial charge in [-0.25, -0.2) is 4.98 Å². The topological polar surface area (TPSA) is 29.9 Å². The van der Waals surface area contributed by atoms with E-state index in [4.69, 9.17) is 4.98 Å². The van der Waals surface area contributed by atoms with Crippen molar-refractivity contribution in [2.75, 3.05) is 5.32 Å². The molecule has 0 radical (unpaired) electrons. The molecule has 1 unspecified atom stereocenters. The van der Waals surface area contributed by atoms with Crippen LogP contribution in [-0.4, -0.2) is 9.55 Å². The molecule has 0 aliphatic carbocycles. The second kappa shape index (κ2) is 5.20. The molecule has 1 aliphatic heterocycles. The molecule has 0 spiro atoms. The standard InChI is InChI=1S/C21H16BrN3/c1-21(14-10-12-15(22)13-11-14)24-17-7-3-2-6-16(17)20-23-18-8-4-5-9-19(18)25(20)21/h2-13,24H,1H3. The van der Waals surface area contributed by atoms with Crippen LogP contribution in [0, 0.1) is 0 Å². The van der Waals surface area contributed by atoms with Crippen LogP contribution in [0.25, 0.3) is 22.4 Å². The zero-order valence-electron chi connectivity index (χ0n) is 13.7. The zero-order valence-corrected chi connectivity index (χ0v) is 15.3. The molecular weight excluding hydrogens is 374 g/mol. The molecule has 25 heavy (non-hydrogen) atoms. The van der Waals surface area contributed by atoms with Gasteiger partial charge in [0, 0.05) is 15.7 Å². The van der Waals surface area contributed by atoms with Crippen molar-refractivity contribution in [1.29, 1.82) is 0 Å². The number of rotatable bonds is 1. The molecule has 1 aromatic heterocycles. The summed E-state index contributed by atoms with van der Waals surface area (Å²) in [4.78, 5) is 4.95. The maximum atomic E-state index is 4.95. The average Bonchev–Trinajstić information content (AvgIpc) is 3.03. The Balaban J connectivity index is 1.87. The summed E-state index contributed by atoms with van der Waals surface area (Å²) in [5.74, 6) is 1.00. The monoisotopic (exact) mass is 389 g/mol. The van der Waals surface area contributed by atoms with Crippen LogP contribution in [0.2, 0.25) is 0 Å². The van der Waals surface area contributed by atoms with Crippen LogP contribution >= 0.6 is 15.9 Å². The van der Waals surface area contributed by atoms with Gasteiger partial charge in [-0.05, 0) is 48.9 Å². The summed E-state index contributed by atoms with van der Waals surface area (Å²) in [6.07, 6.45) is 0. The van der Waals surface area contributed by atoms with E-state index in [1.807, 2.05) is 6.07 Å². The Hall–Kier alpha value is -2.59. The summed E-state index contributed by atoms with van der Waals surface area (Å²) >= 11 is 3.54. The van der Waals surface area contributed by atoms with Gasteiger partial charge in [0.05, 0.1) is 11.0 Å². The first-order chi connectivity index (χ1) is 12.2. The molecule has 1 N–H and O–H groups in total. The summed E-state index contributed by atoms with van der Waals surface area (Å²) in [5.41, 5.74) is 5.16. The Kier molecular flexibility index (Phi) is 3.06. The molecule has 4 aromatic rings. The summed E-state index contributed by atoms with van der Waals surface area (Å²) in [6, 6.07) is 25.2. The molecule has 5 rings (SSSR count). The predicted molar refractivity (Wildman–Crippen MR) is 106 cm³/mol. The van der Waals surface area contributed by atoms with Crippen molar-refractivity contribution in [3.05, 3.63) is 82.8 Å². The third-order valence-electron chi connectivity index (χ3n) is 4.96. The summed E-state index contributed by atoms with van der Waals surface area (Å²) < 4.78 is 3.39. The second-order valence-corrected chi connectivity index (χ2v) is 7.42. The van der Waals surface area contributed by atoms with E-state index < -0.39 is 5.66 Å². The number of hydrogen-bond acceptors (Lipinski definition) is 2. The van der Waals surface area contributed by atoms with Crippen LogP contribution in [0.1, 0.15) is 12.5 Å². The fourth-order valence-electron chi connectivity index (χ4n) is 3.74. The van der Waals surface area contributed by atoms with Gasteiger partial charge >= 0.3 is 0 Å². The van der Waals surface area contributed by atoms with Crippen LogP contribution < -0.4 is 5.32 Å². The van der Waals surface area contributed by atoms with E-state index in [1.54, 1.807) is 0 Å². The van der Waals surface area contributed by atoms with E-state index in [0.29, 0.717) is 0 Å². The lowest BCUT2D eigenvalue weighted by molar-refractivity contribution is 0.463. The van der Waals surface area contributed by atoms with E-state index in [9.17, 15) is 0 Å². The highest BCUT2D eigenvalue weighted by Gasteiger charge is 2.37. The maximum absolute atomic E-state index is 4.95. The largest absolute Gasteiger partial charge is 0.358 e. The SMILES string of the molecule is CC1(c2ccc(Br)cc2)Nc2ccccc2-c2nc3ccccc3n21. The van der Waals surface area contributed by atoms with E-state index >= 15 is 0 Å². The number of fused-ring (bicyclic) bond motifs is 5. The van der Waals surface area contributed by atoms with Crippen molar-refractivity contribution >= 4 is 32.7 Å². The first kappa shape index (κ1) is 14.7. The lowest BCUT2D eigenvalue weighted by Crippen LogP contribution is -2.42. The highest BCUT2D eigenvalue weighted by atomic mass is 79.9. The van der Waals surface area contributed by atoms with Crippen LogP contribution in [0.5, 0.6) is 0 Å². The number of aromatic nitrogens is 2. The number of anilines is 1. The van der Waals surface area contributed by atoms with Gasteiger partial charge < -0.3 is 5.32 Å². The predicted octanol–water partition coefficient (Wildman–Crippen LogP) is 5.61. The molecule has 0 saturated carbocycles. The summed E-state index contributed by atoms with van der Waals surface area (Å²) in [6.45, 7) is 2.21. The van der Waals surface area contributed by atoms with Gasteiger partial charge in [-0.1, -0.05) is 52.3 Å². The summed E-state index contributed by atoms with van der Waals surface area (Å²) in [5, 5.41) is 3.75. The van der Waals surface area contributed by atoms with E-state index in [0.717, 1.165) is 32.6 Å². The molecule has 0 amide bonds. The Morgan fingerprint density at radius 3 is 2.48 bits per heavy atom. The molecule has 4 heteroatoms. The molecule has 2 heterocycles. The van der Waals surface area contributed by atoms with Gasteiger partial charge in [-0.3, -0.25) is 4.57 Å². The highest BCUT2D eigenvalue weighted by molar-refractivity contribution is 9.10. The Morgan fingerprint density at radius 1 is 0.920 bits per heavy atom. The lowest BCUT2D eigenvalue weighted by Gasteiger charge is -2.40. The minimum absolute atomic E-state index is 0.416. The van der Waals surface area contributed by atoms with Gasteiger partial charge in [0.2, 0.25) is 0 Å². The van der Waals surface area contributed by atoms with Crippen molar-refractivity contribution in [3.63, 3.8) is 0 Å². The smallest absolute Gasteiger partial charge is 0.145 e. The lowest BCUT2D eigenvalue weighted by atomic mass is 9.96. The maximum Gasteiger partial charge on any atom is 0.145 e. The molecule has 3 aromatic carbocycles. The third-order valence-corrected chi connectivity index (χ3v) is 5.49. The molecule has 0 fully saturated rings. The minimum atomic E-state index is -0.416. The number of nitrogens with one attached hydrogen (secondary N) is 1. The van der Waals surface area contributed by atoms with Crippen molar-refractivity contribution in [1.82, 2.24) is 9.55 Å². The molecule has 1 atom stereocenters. The average molecular weight is 390 g/mol. The van der Waals surface area contributed by atoms with Gasteiger partial charge in [-0.15, -0.1) is 0 Å². The van der Waals surface area contributed by atoms with Gasteiger partial charge in [0.15, 0.2) is 0 Å². The Morgan fingerprint density at radius 2 is 1.64 bits per heavy atom. The fourth-order valence-corrected chi connectivity index (χ4v) is 4.00. The van der Waals surface area contributed by atoms with E-state index in [2.05, 4.69) is 99.5 Å². The number of halogens is 1. The van der Waals surface area contributed by atoms with E-state index in [1.165, 1.54) is 5.56 Å². The number of para-hydroxylation sites is 3.